The maximum absolute atomic E-state index is 6.25. The smallest absolute Gasteiger partial charge is 0.227 e. The Labute approximate surface area is 285 Å². The lowest BCUT2D eigenvalue weighted by molar-refractivity contribution is 0.620. The van der Waals surface area contributed by atoms with Crippen molar-refractivity contribution < 1.29 is 4.42 Å². The second-order valence-electron chi connectivity index (χ2n) is 12.6. The van der Waals surface area contributed by atoms with E-state index in [9.17, 15) is 0 Å². The van der Waals surface area contributed by atoms with Gasteiger partial charge in [-0.05, 0) is 117 Å². The maximum Gasteiger partial charge on any atom is 0.227 e. The molecule has 0 fully saturated rings. The Balaban J connectivity index is 1.08. The molecular weight excluding hydrogens is 597 g/mol. The minimum absolute atomic E-state index is 0.616. The van der Waals surface area contributed by atoms with Crippen molar-refractivity contribution in [1.29, 1.82) is 0 Å². The molecule has 0 unspecified atom stereocenters. The molecule has 0 atom stereocenters. The summed E-state index contributed by atoms with van der Waals surface area (Å²) in [6.45, 7) is 2.12. The molecular formula is C46H32N2O. The summed E-state index contributed by atoms with van der Waals surface area (Å²) in [4.78, 5) is 7.14. The van der Waals surface area contributed by atoms with Crippen LogP contribution in [0.2, 0.25) is 0 Å². The molecule has 3 nitrogen and oxygen atoms in total. The van der Waals surface area contributed by atoms with Crippen LogP contribution in [-0.4, -0.2) is 4.98 Å². The van der Waals surface area contributed by atoms with Gasteiger partial charge in [-0.1, -0.05) is 115 Å². The highest BCUT2D eigenvalue weighted by Gasteiger charge is 2.15. The predicted molar refractivity (Wildman–Crippen MR) is 205 cm³/mol. The first-order valence-corrected chi connectivity index (χ1v) is 16.6. The first-order chi connectivity index (χ1) is 24.1. The highest BCUT2D eigenvalue weighted by Crippen LogP contribution is 2.38. The Morgan fingerprint density at radius 3 is 1.45 bits per heavy atom. The SMILES string of the molecule is Cc1ccc(-c2ccc(N(c3ccc(-c4ccc5ccccc5c4)cc3)c3ccc(-c4nc5cc6ccccc6cc5o4)cc3)cc2)cc1. The second-order valence-corrected chi connectivity index (χ2v) is 12.6. The van der Waals surface area contributed by atoms with Crippen molar-refractivity contribution in [3.63, 3.8) is 0 Å². The molecule has 232 valence electrons. The van der Waals surface area contributed by atoms with E-state index in [1.54, 1.807) is 0 Å². The molecule has 0 aliphatic heterocycles. The van der Waals surface area contributed by atoms with Gasteiger partial charge in [-0.15, -0.1) is 0 Å². The molecule has 0 bridgehead atoms. The van der Waals surface area contributed by atoms with Gasteiger partial charge < -0.3 is 9.32 Å². The summed E-state index contributed by atoms with van der Waals surface area (Å²) in [6, 6.07) is 62.4. The fourth-order valence-corrected chi connectivity index (χ4v) is 6.66. The molecule has 0 aliphatic rings. The van der Waals surface area contributed by atoms with Gasteiger partial charge in [0, 0.05) is 22.6 Å². The highest BCUT2D eigenvalue weighted by atomic mass is 16.3. The van der Waals surface area contributed by atoms with Crippen molar-refractivity contribution in [2.24, 2.45) is 0 Å². The average molecular weight is 629 g/mol. The first kappa shape index (κ1) is 28.7. The molecule has 3 heteroatoms. The van der Waals surface area contributed by atoms with E-state index in [2.05, 4.69) is 176 Å². The van der Waals surface area contributed by atoms with E-state index in [-0.39, 0.29) is 0 Å². The third-order valence-electron chi connectivity index (χ3n) is 9.35. The van der Waals surface area contributed by atoms with Crippen LogP contribution in [0.15, 0.2) is 180 Å². The number of fused-ring (bicyclic) bond motifs is 3. The van der Waals surface area contributed by atoms with Crippen LogP contribution in [0.5, 0.6) is 0 Å². The molecule has 0 saturated carbocycles. The van der Waals surface area contributed by atoms with Gasteiger partial charge in [0.1, 0.15) is 5.52 Å². The fourth-order valence-electron chi connectivity index (χ4n) is 6.66. The largest absolute Gasteiger partial charge is 0.436 e. The van der Waals surface area contributed by atoms with Crippen molar-refractivity contribution >= 4 is 49.7 Å². The highest BCUT2D eigenvalue weighted by molar-refractivity contribution is 5.95. The van der Waals surface area contributed by atoms with E-state index in [0.29, 0.717) is 5.89 Å². The first-order valence-electron chi connectivity index (χ1n) is 16.6. The summed E-state index contributed by atoms with van der Waals surface area (Å²) >= 11 is 0. The van der Waals surface area contributed by atoms with Gasteiger partial charge in [0.25, 0.3) is 0 Å². The molecule has 0 spiro atoms. The normalized spacial score (nSPS) is 11.4. The van der Waals surface area contributed by atoms with Crippen LogP contribution >= 0.6 is 0 Å². The Kier molecular flexibility index (Phi) is 7.02. The maximum atomic E-state index is 6.25. The Morgan fingerprint density at radius 1 is 0.408 bits per heavy atom. The minimum Gasteiger partial charge on any atom is -0.436 e. The van der Waals surface area contributed by atoms with Gasteiger partial charge in [0.15, 0.2) is 5.58 Å². The lowest BCUT2D eigenvalue weighted by Crippen LogP contribution is -2.09. The lowest BCUT2D eigenvalue weighted by Gasteiger charge is -2.26. The van der Waals surface area contributed by atoms with E-state index < -0.39 is 0 Å². The summed E-state index contributed by atoms with van der Waals surface area (Å²) in [6.07, 6.45) is 0. The van der Waals surface area contributed by atoms with E-state index in [1.165, 1.54) is 38.6 Å². The number of benzene rings is 8. The molecule has 0 saturated heterocycles. The molecule has 9 aromatic rings. The van der Waals surface area contributed by atoms with Crippen molar-refractivity contribution in [1.82, 2.24) is 4.98 Å². The van der Waals surface area contributed by atoms with Crippen LogP contribution in [0.3, 0.4) is 0 Å². The third kappa shape index (κ3) is 5.52. The van der Waals surface area contributed by atoms with Crippen molar-refractivity contribution in [2.45, 2.75) is 6.92 Å². The van der Waals surface area contributed by atoms with E-state index >= 15 is 0 Å². The Morgan fingerprint density at radius 2 is 0.857 bits per heavy atom. The minimum atomic E-state index is 0.616. The second kappa shape index (κ2) is 12.0. The quantitative estimate of drug-likeness (QED) is 0.183. The van der Waals surface area contributed by atoms with Gasteiger partial charge in [-0.3, -0.25) is 0 Å². The molecule has 0 amide bonds. The average Bonchev–Trinajstić information content (AvgIpc) is 3.58. The number of aromatic nitrogens is 1. The van der Waals surface area contributed by atoms with Crippen molar-refractivity contribution in [2.75, 3.05) is 4.90 Å². The molecule has 0 N–H and O–H groups in total. The van der Waals surface area contributed by atoms with Crippen LogP contribution in [0, 0.1) is 6.92 Å². The Hall–Kier alpha value is -6.45. The number of hydrogen-bond donors (Lipinski definition) is 0. The van der Waals surface area contributed by atoms with Crippen LogP contribution in [0.1, 0.15) is 5.56 Å². The molecule has 49 heavy (non-hydrogen) atoms. The van der Waals surface area contributed by atoms with Gasteiger partial charge in [0.2, 0.25) is 5.89 Å². The number of nitrogens with zero attached hydrogens (tertiary/aromatic N) is 2. The number of anilines is 3. The monoisotopic (exact) mass is 628 g/mol. The number of hydrogen-bond acceptors (Lipinski definition) is 3. The van der Waals surface area contributed by atoms with Gasteiger partial charge in [-0.2, -0.15) is 0 Å². The zero-order valence-corrected chi connectivity index (χ0v) is 27.0. The van der Waals surface area contributed by atoms with Crippen molar-refractivity contribution in [3.05, 3.63) is 181 Å². The molecule has 0 radical (unpaired) electrons. The molecule has 1 aromatic heterocycles. The third-order valence-corrected chi connectivity index (χ3v) is 9.35. The number of oxazole rings is 1. The summed E-state index contributed by atoms with van der Waals surface area (Å²) in [5.41, 5.74) is 11.8. The van der Waals surface area contributed by atoms with Crippen LogP contribution in [0.4, 0.5) is 17.1 Å². The number of aryl methyl sites for hydroxylation is 1. The van der Waals surface area contributed by atoms with Crippen LogP contribution in [0.25, 0.3) is 66.4 Å². The van der Waals surface area contributed by atoms with E-state index in [1.807, 2.05) is 12.1 Å². The summed E-state index contributed by atoms with van der Waals surface area (Å²) < 4.78 is 6.25. The summed E-state index contributed by atoms with van der Waals surface area (Å²) in [5.74, 6) is 0.616. The number of rotatable bonds is 6. The molecule has 8 aromatic carbocycles. The van der Waals surface area contributed by atoms with Gasteiger partial charge in [-0.25, -0.2) is 4.98 Å². The van der Waals surface area contributed by atoms with E-state index in [4.69, 9.17) is 9.40 Å². The zero-order valence-electron chi connectivity index (χ0n) is 27.0. The zero-order chi connectivity index (χ0) is 32.7. The van der Waals surface area contributed by atoms with Crippen LogP contribution in [-0.2, 0) is 0 Å². The topological polar surface area (TPSA) is 29.3 Å². The van der Waals surface area contributed by atoms with Gasteiger partial charge in [0.05, 0.1) is 0 Å². The molecule has 0 aliphatic carbocycles. The van der Waals surface area contributed by atoms with Crippen molar-refractivity contribution in [3.8, 4) is 33.7 Å². The predicted octanol–water partition coefficient (Wildman–Crippen LogP) is 12.9. The fraction of sp³-hybridized carbons (Fsp3) is 0.0217. The van der Waals surface area contributed by atoms with E-state index in [0.717, 1.165) is 44.5 Å². The summed E-state index contributed by atoms with van der Waals surface area (Å²) in [7, 11) is 0. The van der Waals surface area contributed by atoms with Crippen LogP contribution < -0.4 is 4.90 Å². The molecule has 9 rings (SSSR count). The lowest BCUT2D eigenvalue weighted by atomic mass is 10.0. The van der Waals surface area contributed by atoms with Gasteiger partial charge >= 0.3 is 0 Å². The standard InChI is InChI=1S/C46H32N2O/c1-31-10-12-33(13-11-31)34-16-22-41(23-17-34)48(42-24-18-35(19-25-42)40-15-14-32-6-2-3-7-37(32)28-40)43-26-20-36(21-27-43)46-47-44-29-38-8-4-5-9-39(38)30-45(44)49-46/h2-30H,1H3. The molecule has 1 heterocycles. The summed E-state index contributed by atoms with van der Waals surface area (Å²) in [5, 5.41) is 4.79. The Bertz CT molecular complexity index is 2530.